The molecule has 12 atom stereocenters. The van der Waals surface area contributed by atoms with E-state index in [4.69, 9.17) is 56.7 Å². The molecular weight excluding hydrogens is 1650 g/mol. The Balaban J connectivity index is 0.775. The number of pyridine rings is 1. The van der Waals surface area contributed by atoms with Gasteiger partial charge in [0.1, 0.15) is 48.2 Å². The fourth-order valence-electron chi connectivity index (χ4n) is 16.3. The van der Waals surface area contributed by atoms with Crippen molar-refractivity contribution in [2.75, 3.05) is 110 Å². The first kappa shape index (κ1) is 102. The summed E-state index contributed by atoms with van der Waals surface area (Å²) >= 11 is 6.40. The molecule has 2 aliphatic heterocycles. The van der Waals surface area contributed by atoms with Crippen molar-refractivity contribution in [3.05, 3.63) is 125 Å². The second-order valence-corrected chi connectivity index (χ2v) is 34.6. The highest BCUT2D eigenvalue weighted by atomic mass is 35.5. The number of likely N-dealkylation sites (N-methyl/N-ethyl adjacent to an activating group) is 2. The number of rotatable bonds is 48. The third kappa shape index (κ3) is 29.2. The quantitative estimate of drug-likeness (QED) is 0.0158. The van der Waals surface area contributed by atoms with Crippen molar-refractivity contribution in [2.24, 2.45) is 41.1 Å². The number of nitrogens with one attached hydrogen (secondary N) is 9. The average molecular weight is 1790 g/mol. The molecular formula is C92H133ClFN17O16. The minimum absolute atomic E-state index is 0.0186. The van der Waals surface area contributed by atoms with Crippen molar-refractivity contribution in [3.8, 4) is 22.5 Å². The molecule has 0 unspecified atom stereocenters. The molecule has 2 fully saturated rings. The molecule has 4 aromatic carbocycles. The number of piperidine rings is 1. The number of urea groups is 1. The fraction of sp³-hybridized carbons (Fsp3) is 0.565. The topological polar surface area (TPSA) is 440 Å². The van der Waals surface area contributed by atoms with E-state index in [-0.39, 0.29) is 120 Å². The number of aryl methyl sites for hydroxylation is 1. The lowest BCUT2D eigenvalue weighted by Gasteiger charge is -2.41. The second kappa shape index (κ2) is 49.6. The number of carbonyl (C=O) groups excluding carboxylic acids is 10. The van der Waals surface area contributed by atoms with E-state index < -0.39 is 126 Å². The van der Waals surface area contributed by atoms with Crippen LogP contribution in [-0.4, -0.2) is 249 Å². The minimum Gasteiger partial charge on any atom is -0.445 e. The summed E-state index contributed by atoms with van der Waals surface area (Å²) in [5.41, 5.74) is 18.2. The number of aliphatic hydroxyl groups excluding tert-OH is 1. The molecule has 14 N–H and O–H groups in total. The molecule has 11 amide bonds. The van der Waals surface area contributed by atoms with E-state index in [1.165, 1.54) is 38.3 Å². The zero-order chi connectivity index (χ0) is 92.9. The van der Waals surface area contributed by atoms with Crippen LogP contribution in [0.15, 0.2) is 97.2 Å². The number of anilines is 3. The highest BCUT2D eigenvalue weighted by Crippen LogP contribution is 2.44. The van der Waals surface area contributed by atoms with Crippen LogP contribution in [0.5, 0.6) is 0 Å². The molecule has 8 rings (SSSR count). The van der Waals surface area contributed by atoms with E-state index in [9.17, 15) is 53.1 Å². The number of hydrogen-bond acceptors (Lipinski definition) is 21. The molecule has 0 spiro atoms. The van der Waals surface area contributed by atoms with Gasteiger partial charge in [0, 0.05) is 109 Å². The molecule has 4 heterocycles. The van der Waals surface area contributed by atoms with Gasteiger partial charge in [0.25, 0.3) is 0 Å². The summed E-state index contributed by atoms with van der Waals surface area (Å²) in [5, 5.41) is 34.6. The molecule has 0 saturated carbocycles. The van der Waals surface area contributed by atoms with E-state index in [1.807, 2.05) is 51.1 Å². The first-order valence-electron chi connectivity index (χ1n) is 44.0. The number of hydrogen-bond donors (Lipinski definition) is 12. The van der Waals surface area contributed by atoms with E-state index in [1.54, 1.807) is 127 Å². The van der Waals surface area contributed by atoms with Crippen molar-refractivity contribution in [2.45, 2.75) is 214 Å². The minimum atomic E-state index is -1.16. The van der Waals surface area contributed by atoms with Crippen LogP contribution in [0.25, 0.3) is 33.5 Å². The lowest BCUT2D eigenvalue weighted by Crippen LogP contribution is -2.60. The monoisotopic (exact) mass is 1790 g/mol. The van der Waals surface area contributed by atoms with Gasteiger partial charge < -0.3 is 102 Å². The number of nitrogens with two attached hydrogens (primary N) is 2. The maximum atomic E-state index is 15.0. The first-order chi connectivity index (χ1) is 60.5. The number of imidazole rings is 1. The highest BCUT2D eigenvalue weighted by Gasteiger charge is 2.45. The van der Waals surface area contributed by atoms with Gasteiger partial charge >= 0.3 is 12.1 Å². The maximum Gasteiger partial charge on any atom is 0.410 e. The van der Waals surface area contributed by atoms with Crippen LogP contribution in [0.2, 0.25) is 5.02 Å². The van der Waals surface area contributed by atoms with Gasteiger partial charge in [-0.2, -0.15) is 0 Å². The molecule has 2 saturated heterocycles. The smallest absolute Gasteiger partial charge is 0.410 e. The molecule has 127 heavy (non-hydrogen) atoms. The molecule has 696 valence electrons. The number of aromatic amines is 1. The van der Waals surface area contributed by atoms with Crippen molar-refractivity contribution in [1.82, 2.24) is 61.6 Å². The Bertz CT molecular complexity index is 4620. The van der Waals surface area contributed by atoms with Crippen LogP contribution in [0.1, 0.15) is 156 Å². The van der Waals surface area contributed by atoms with E-state index in [2.05, 4.69) is 52.4 Å². The fourth-order valence-corrected chi connectivity index (χ4v) is 16.5. The van der Waals surface area contributed by atoms with Gasteiger partial charge in [-0.15, -0.1) is 0 Å². The van der Waals surface area contributed by atoms with Gasteiger partial charge in [-0.05, 0) is 141 Å². The summed E-state index contributed by atoms with van der Waals surface area (Å²) in [6.07, 6.45) is 1.94. The Kier molecular flexibility index (Phi) is 39.8. The van der Waals surface area contributed by atoms with Gasteiger partial charge in [0.15, 0.2) is 0 Å². The molecule has 2 aromatic heterocycles. The molecule has 0 aliphatic carbocycles. The summed E-state index contributed by atoms with van der Waals surface area (Å²) in [6, 6.07) is 18.8. The second-order valence-electron chi connectivity index (χ2n) is 34.1. The number of likely N-dealkylation sites (tertiary alicyclic amines) is 1. The Morgan fingerprint density at radius 3 is 2.02 bits per heavy atom. The van der Waals surface area contributed by atoms with E-state index in [0.717, 1.165) is 35.2 Å². The normalized spacial score (nSPS) is 16.3. The van der Waals surface area contributed by atoms with Gasteiger partial charge in [-0.25, -0.2) is 23.9 Å². The number of carbonyl (C=O) groups is 10. The van der Waals surface area contributed by atoms with Crippen LogP contribution in [-0.2, 0) is 68.6 Å². The highest BCUT2D eigenvalue weighted by molar-refractivity contribution is 6.31. The third-order valence-corrected chi connectivity index (χ3v) is 23.8. The summed E-state index contributed by atoms with van der Waals surface area (Å²) < 4.78 is 44.2. The molecule has 33 nitrogen and oxygen atoms in total. The Hall–Kier alpha value is -10.6. The van der Waals surface area contributed by atoms with E-state index in [0.29, 0.717) is 89.0 Å². The average Bonchev–Trinajstić information content (AvgIpc) is 1.71. The zero-order valence-electron chi connectivity index (χ0n) is 76.0. The standard InChI is InChI=1S/C92H133ClFN17O16/c1-16-57(9)80(72(123-14)50-75(114)111-39-21-25-71(111)83(124-15)58(10)86(116)101-59(11)82(115)61-22-18-17-19-23-61)108(12)90(120)78(54(4)5)107-89(119)79(55(6)7)109(13)92(122)127-52-60-26-29-66(30-27-60)102-87(117)69(24-20-36-99-91(96)121)105-88(118)77(53(2)3)106-74(113)35-43-126-45-44-125-42-34-73(112)97-37-38-98-84-76(85-103-68-31-28-63(93)49-70(68)104-85)81(110-40-32-65(95)33-41-110)67(51-100-84)62-46-56(8)47-64(94)48-62/h17-19,22-23,26-31,46-49,51,53-55,57-59,65,69,71-72,77-80,82-83,115H,16,20-21,24-25,32-45,50,52,95H2,1-15H3,(H,97,112)(H,98,100)(H,101,116)(H,102,117)(H,103,104)(H,105,118)(H,106,113)(H,107,119)(H3,96,99,121)/t57-,58+,59+,69-,71-,72+,77-,78-,79-,80-,82+,83+/m0/s1. The van der Waals surface area contributed by atoms with Crippen molar-refractivity contribution in [3.63, 3.8) is 0 Å². The van der Waals surface area contributed by atoms with Gasteiger partial charge in [-0.3, -0.25) is 43.3 Å². The predicted octanol–water partition coefficient (Wildman–Crippen LogP) is 9.27. The van der Waals surface area contributed by atoms with E-state index >= 15 is 4.39 Å². The Labute approximate surface area is 749 Å². The summed E-state index contributed by atoms with van der Waals surface area (Å²) in [4.78, 5) is 158. The van der Waals surface area contributed by atoms with Crippen LogP contribution in [0, 0.1) is 42.3 Å². The van der Waals surface area contributed by atoms with Gasteiger partial charge in [-0.1, -0.05) is 129 Å². The van der Waals surface area contributed by atoms with Gasteiger partial charge in [0.05, 0.1) is 97.5 Å². The number of fused-ring (bicyclic) bond motifs is 1. The third-order valence-electron chi connectivity index (χ3n) is 23.5. The Morgan fingerprint density at radius 1 is 0.717 bits per heavy atom. The molecule has 0 bridgehead atoms. The molecule has 0 radical (unpaired) electrons. The molecule has 35 heteroatoms. The zero-order valence-corrected chi connectivity index (χ0v) is 76.7. The lowest BCUT2D eigenvalue weighted by molar-refractivity contribution is -0.148. The number of benzene rings is 4. The van der Waals surface area contributed by atoms with Gasteiger partial charge in [0.2, 0.25) is 47.3 Å². The number of amides is 11. The van der Waals surface area contributed by atoms with Crippen molar-refractivity contribution >= 4 is 99.2 Å². The van der Waals surface area contributed by atoms with Crippen LogP contribution in [0.3, 0.4) is 0 Å². The number of aromatic nitrogens is 3. The number of methoxy groups -OCH3 is 2. The number of H-pyrrole nitrogens is 1. The van der Waals surface area contributed by atoms with Crippen LogP contribution >= 0.6 is 11.6 Å². The van der Waals surface area contributed by atoms with Crippen LogP contribution in [0.4, 0.5) is 31.2 Å². The summed E-state index contributed by atoms with van der Waals surface area (Å²) in [7, 11) is 6.07. The lowest BCUT2D eigenvalue weighted by atomic mass is 9.89. The summed E-state index contributed by atoms with van der Waals surface area (Å²) in [5.74, 6) is -5.18. The van der Waals surface area contributed by atoms with Crippen LogP contribution < -0.4 is 58.9 Å². The summed E-state index contributed by atoms with van der Waals surface area (Å²) in [6.45, 7) is 22.2. The Morgan fingerprint density at radius 2 is 1.39 bits per heavy atom. The molecule has 6 aromatic rings. The predicted molar refractivity (Wildman–Crippen MR) is 485 cm³/mol. The number of nitrogens with zero attached hydrogens (tertiary/aromatic N) is 6. The number of aliphatic hydroxyl groups is 1. The number of halogens is 2. The maximum absolute atomic E-state index is 15.0. The van der Waals surface area contributed by atoms with Crippen molar-refractivity contribution in [1.29, 1.82) is 0 Å². The number of ether oxygens (including phenoxy) is 5. The SMILES string of the molecule is CC[C@H](C)[C@@H]([C@@H](CC(=O)N1CCC[C@H]1[C@H](OC)[C@@H](C)C(=O)N[C@H](C)[C@@H](O)c1ccccc1)OC)N(C)C(=O)[C@@H](NC(=O)[C@H](C(C)C)N(C)C(=O)OCc1ccc(NC(=O)[C@H](CCCNC(N)=O)NC(=O)[C@@H](NC(=O)CCOCCOCCC(=O)NCCNc2ncc(-c3cc(C)cc(F)c3)c(N3CCC(N)CC3)c2-c2nc3ccc(Cl)cc3[nH]2)C(C)C)cc1)C(C)C. The molecule has 2 aliphatic rings. The first-order valence-corrected chi connectivity index (χ1v) is 44.4. The number of primary amides is 1. The van der Waals surface area contributed by atoms with Crippen molar-refractivity contribution < 1.29 is 81.1 Å². The largest absolute Gasteiger partial charge is 0.445 e.